The van der Waals surface area contributed by atoms with Crippen molar-refractivity contribution >= 4 is 35.1 Å². The fourth-order valence-electron chi connectivity index (χ4n) is 2.48. The van der Waals surface area contributed by atoms with Crippen molar-refractivity contribution in [3.05, 3.63) is 0 Å². The van der Waals surface area contributed by atoms with Gasteiger partial charge in [0.1, 0.15) is 6.61 Å². The molecule has 148 valence electrons. The predicted octanol–water partition coefficient (Wildman–Crippen LogP) is -0.319. The molecule has 26 heavy (non-hydrogen) atoms. The average Bonchev–Trinajstić information content (AvgIpc) is 2.79. The first-order valence-electron chi connectivity index (χ1n) is 7.49. The standard InChI is InChI=1S/C14H20O11S/c1-7(15)20-5-11(21-8(2)16)14-13(23-10(4)18)12(22-9(3)17)6-26(14)25-24-19/h11-14H,5-6H2,1-4H3/p+1/t11-,12+,13-,14+,26?/m1/s1. The van der Waals surface area contributed by atoms with Crippen LogP contribution in [-0.4, -0.2) is 65.1 Å². The van der Waals surface area contributed by atoms with Crippen LogP contribution in [0.2, 0.25) is 0 Å². The van der Waals surface area contributed by atoms with Gasteiger partial charge in [-0.15, -0.1) is 0 Å². The summed E-state index contributed by atoms with van der Waals surface area (Å²) in [6, 6.07) is 0. The van der Waals surface area contributed by atoms with Crippen molar-refractivity contribution in [3.63, 3.8) is 0 Å². The molecule has 12 heteroatoms. The molecule has 1 aliphatic heterocycles. The van der Waals surface area contributed by atoms with Gasteiger partial charge in [-0.1, -0.05) is 0 Å². The first kappa shape index (κ1) is 22.2. The summed E-state index contributed by atoms with van der Waals surface area (Å²) in [6.45, 7) is 4.26. The maximum Gasteiger partial charge on any atom is 0.303 e. The van der Waals surface area contributed by atoms with Crippen LogP contribution >= 0.6 is 0 Å². The normalized spacial score (nSPS) is 25.9. The molecular formula is C14H21O11S+. The highest BCUT2D eigenvalue weighted by Gasteiger charge is 2.62. The maximum atomic E-state index is 11.5. The Bertz CT molecular complexity index is 537. The van der Waals surface area contributed by atoms with Crippen molar-refractivity contribution in [2.45, 2.75) is 51.3 Å². The molecule has 0 aromatic rings. The van der Waals surface area contributed by atoms with Gasteiger partial charge >= 0.3 is 23.9 Å². The van der Waals surface area contributed by atoms with E-state index in [2.05, 4.69) is 5.04 Å². The minimum Gasteiger partial charge on any atom is -0.462 e. The lowest BCUT2D eigenvalue weighted by Gasteiger charge is -2.25. The van der Waals surface area contributed by atoms with E-state index in [1.165, 1.54) is 6.92 Å². The fraction of sp³-hybridized carbons (Fsp3) is 0.714. The summed E-state index contributed by atoms with van der Waals surface area (Å²) in [5.74, 6) is -2.62. The summed E-state index contributed by atoms with van der Waals surface area (Å²) in [5, 5.41) is 11.4. The topological polar surface area (TPSA) is 144 Å². The molecule has 1 saturated heterocycles. The summed E-state index contributed by atoms with van der Waals surface area (Å²) in [7, 11) is 0. The quantitative estimate of drug-likeness (QED) is 0.189. The van der Waals surface area contributed by atoms with E-state index in [0.717, 1.165) is 20.8 Å². The number of ether oxygens (including phenoxy) is 4. The minimum atomic E-state index is -1.31. The second-order valence-corrected chi connectivity index (χ2v) is 7.10. The van der Waals surface area contributed by atoms with E-state index in [0.29, 0.717) is 0 Å². The second kappa shape index (κ2) is 10.3. The van der Waals surface area contributed by atoms with E-state index in [1.54, 1.807) is 0 Å². The van der Waals surface area contributed by atoms with Crippen LogP contribution < -0.4 is 0 Å². The smallest absolute Gasteiger partial charge is 0.303 e. The van der Waals surface area contributed by atoms with E-state index >= 15 is 0 Å². The molecule has 1 fully saturated rings. The second-order valence-electron chi connectivity index (χ2n) is 5.33. The predicted molar refractivity (Wildman–Crippen MR) is 84.1 cm³/mol. The Labute approximate surface area is 152 Å². The molecule has 1 rings (SSSR count). The third kappa shape index (κ3) is 6.78. The first-order chi connectivity index (χ1) is 12.1. The Morgan fingerprint density at radius 2 is 1.62 bits per heavy atom. The summed E-state index contributed by atoms with van der Waals surface area (Å²) in [5.41, 5.74) is 0. The molecule has 1 N–H and O–H groups in total. The number of esters is 4. The summed E-state index contributed by atoms with van der Waals surface area (Å²) in [4.78, 5) is 45.4. The van der Waals surface area contributed by atoms with Crippen LogP contribution in [-0.2, 0) is 58.7 Å². The van der Waals surface area contributed by atoms with Gasteiger partial charge in [0.25, 0.3) is 0 Å². The minimum absolute atomic E-state index is 0.000585. The SMILES string of the molecule is CC(=O)OC[C@@H](OC(C)=O)[C@H]1[C@H](OC(C)=O)[C@@H](OC(C)=O)C[S+]1OOO. The summed E-state index contributed by atoms with van der Waals surface area (Å²) in [6.07, 6.45) is -3.11. The van der Waals surface area contributed by atoms with Crippen molar-refractivity contribution in [2.24, 2.45) is 0 Å². The third-order valence-electron chi connectivity index (χ3n) is 3.19. The van der Waals surface area contributed by atoms with E-state index in [9.17, 15) is 19.2 Å². The van der Waals surface area contributed by atoms with Crippen molar-refractivity contribution in [1.29, 1.82) is 0 Å². The highest BCUT2D eigenvalue weighted by atomic mass is 32.2. The number of carbonyl (C=O) groups is 4. The van der Waals surface area contributed by atoms with Gasteiger partial charge in [-0.05, 0) is 5.04 Å². The molecule has 0 aromatic heterocycles. The van der Waals surface area contributed by atoms with E-state index in [-0.39, 0.29) is 12.4 Å². The van der Waals surface area contributed by atoms with Crippen LogP contribution in [0.15, 0.2) is 0 Å². The lowest BCUT2D eigenvalue weighted by Crippen LogP contribution is -2.48. The van der Waals surface area contributed by atoms with Crippen LogP contribution in [0.5, 0.6) is 0 Å². The molecule has 0 radical (unpaired) electrons. The molecule has 1 aliphatic rings. The van der Waals surface area contributed by atoms with Crippen molar-refractivity contribution < 1.29 is 52.8 Å². The summed E-state index contributed by atoms with van der Waals surface area (Å²) >= 11 is -1.31. The molecule has 0 aromatic carbocycles. The van der Waals surface area contributed by atoms with Crippen LogP contribution in [0, 0.1) is 0 Å². The largest absolute Gasteiger partial charge is 0.462 e. The Morgan fingerprint density at radius 1 is 1.00 bits per heavy atom. The number of hydrogen-bond donors (Lipinski definition) is 1. The lowest BCUT2D eigenvalue weighted by atomic mass is 10.1. The Hall–Kier alpha value is -1.89. The molecular weight excluding hydrogens is 376 g/mol. The number of carbonyl (C=O) groups excluding carboxylic acids is 4. The monoisotopic (exact) mass is 397 g/mol. The van der Waals surface area contributed by atoms with Crippen molar-refractivity contribution in [3.8, 4) is 0 Å². The molecule has 0 amide bonds. The molecule has 0 saturated carbocycles. The first-order valence-corrected chi connectivity index (χ1v) is 8.87. The molecule has 0 bridgehead atoms. The van der Waals surface area contributed by atoms with Gasteiger partial charge in [-0.2, -0.15) is 0 Å². The van der Waals surface area contributed by atoms with E-state index in [4.69, 9.17) is 28.5 Å². The third-order valence-corrected chi connectivity index (χ3v) is 5.27. The van der Waals surface area contributed by atoms with E-state index < -0.39 is 58.6 Å². The van der Waals surface area contributed by atoms with Crippen LogP contribution in [0.1, 0.15) is 27.7 Å². The number of rotatable bonds is 8. The van der Waals surface area contributed by atoms with Gasteiger partial charge in [-0.3, -0.25) is 19.2 Å². The molecule has 5 atom stereocenters. The lowest BCUT2D eigenvalue weighted by molar-refractivity contribution is -0.435. The molecule has 11 nitrogen and oxygen atoms in total. The Kier molecular flexibility index (Phi) is 8.78. The van der Waals surface area contributed by atoms with Gasteiger partial charge in [-0.25, -0.2) is 5.26 Å². The fourth-order valence-corrected chi connectivity index (χ4v) is 4.51. The molecule has 0 aliphatic carbocycles. The van der Waals surface area contributed by atoms with Crippen LogP contribution in [0.3, 0.4) is 0 Å². The zero-order chi connectivity index (χ0) is 19.9. The zero-order valence-corrected chi connectivity index (χ0v) is 15.5. The van der Waals surface area contributed by atoms with Crippen LogP contribution in [0.25, 0.3) is 0 Å². The maximum absolute atomic E-state index is 11.5. The highest BCUT2D eigenvalue weighted by Crippen LogP contribution is 2.33. The van der Waals surface area contributed by atoms with Gasteiger partial charge in [0.05, 0.1) is 0 Å². The average molecular weight is 397 g/mol. The number of hydrogen-bond acceptors (Lipinski definition) is 11. The van der Waals surface area contributed by atoms with Crippen molar-refractivity contribution in [2.75, 3.05) is 12.4 Å². The Morgan fingerprint density at radius 3 is 2.08 bits per heavy atom. The van der Waals surface area contributed by atoms with Crippen molar-refractivity contribution in [1.82, 2.24) is 0 Å². The van der Waals surface area contributed by atoms with Gasteiger partial charge in [0, 0.05) is 32.0 Å². The van der Waals surface area contributed by atoms with Crippen LogP contribution in [0.4, 0.5) is 0 Å². The van der Waals surface area contributed by atoms with Gasteiger partial charge < -0.3 is 18.9 Å². The van der Waals surface area contributed by atoms with Gasteiger partial charge in [0.2, 0.25) is 16.4 Å². The molecule has 1 unspecified atom stereocenters. The summed E-state index contributed by atoms with van der Waals surface area (Å²) < 4.78 is 25.2. The van der Waals surface area contributed by atoms with Gasteiger partial charge in [0.15, 0.2) is 24.1 Å². The molecule has 0 spiro atoms. The Balaban J connectivity index is 3.17. The molecule has 1 heterocycles. The van der Waals surface area contributed by atoms with E-state index in [1.807, 2.05) is 0 Å². The highest BCUT2D eigenvalue weighted by molar-refractivity contribution is 7.93. The zero-order valence-electron chi connectivity index (χ0n) is 14.7.